The molecule has 0 unspecified atom stereocenters. The van der Waals surface area contributed by atoms with Crippen molar-refractivity contribution in [1.82, 2.24) is 10.1 Å². The van der Waals surface area contributed by atoms with Crippen molar-refractivity contribution in [2.45, 2.75) is 20.8 Å². The van der Waals surface area contributed by atoms with E-state index < -0.39 is 0 Å². The average molecular weight is 351 g/mol. The molecule has 3 rings (SSSR count). The van der Waals surface area contributed by atoms with Crippen molar-refractivity contribution in [3.8, 4) is 0 Å². The molecule has 1 aliphatic heterocycles. The molecule has 1 aromatic heterocycles. The van der Waals surface area contributed by atoms with E-state index >= 15 is 0 Å². The van der Waals surface area contributed by atoms with Crippen LogP contribution in [0, 0.1) is 20.8 Å². The minimum Gasteiger partial charge on any atom is -0.368 e. The number of anilines is 2. The number of halogens is 1. The summed E-state index contributed by atoms with van der Waals surface area (Å²) in [5.41, 5.74) is 3.87. The van der Waals surface area contributed by atoms with Crippen molar-refractivity contribution < 1.29 is 9.32 Å². The molecule has 0 aliphatic carbocycles. The summed E-state index contributed by atoms with van der Waals surface area (Å²) in [6.07, 6.45) is 0. The Morgan fingerprint density at radius 3 is 2.50 bits per heavy atom. The molecule has 2 heterocycles. The Hall–Kier alpha value is -2.21. The van der Waals surface area contributed by atoms with Gasteiger partial charge in [-0.3, -0.25) is 5.32 Å². The lowest BCUT2D eigenvalue weighted by molar-refractivity contribution is 0.208. The molecule has 1 N–H and O–H groups in total. The van der Waals surface area contributed by atoms with E-state index in [2.05, 4.69) is 47.4 Å². The topological polar surface area (TPSA) is 61.6 Å². The SMILES string of the molecule is Cc1cc(NC(=O)N2CCN(c3cccc(C)c3C)CC2)no1.Cl. The van der Waals surface area contributed by atoms with Crippen molar-refractivity contribution >= 4 is 29.9 Å². The number of aryl methyl sites for hydroxylation is 2. The molecule has 0 radical (unpaired) electrons. The van der Waals surface area contributed by atoms with Crippen molar-refractivity contribution in [1.29, 1.82) is 0 Å². The minimum atomic E-state index is -0.126. The summed E-state index contributed by atoms with van der Waals surface area (Å²) < 4.78 is 4.96. The molecule has 2 amide bonds. The molecule has 0 spiro atoms. The van der Waals surface area contributed by atoms with Crippen LogP contribution in [0.15, 0.2) is 28.8 Å². The van der Waals surface area contributed by atoms with Crippen LogP contribution in [0.25, 0.3) is 0 Å². The summed E-state index contributed by atoms with van der Waals surface area (Å²) in [4.78, 5) is 16.4. The maximum atomic E-state index is 12.3. The maximum absolute atomic E-state index is 12.3. The monoisotopic (exact) mass is 350 g/mol. The van der Waals surface area contributed by atoms with Gasteiger partial charge >= 0.3 is 6.03 Å². The smallest absolute Gasteiger partial charge is 0.323 e. The lowest BCUT2D eigenvalue weighted by Crippen LogP contribution is -2.50. The highest BCUT2D eigenvalue weighted by molar-refractivity contribution is 5.88. The molecular formula is C17H23ClN4O2. The van der Waals surface area contributed by atoms with Crippen LogP contribution in [-0.2, 0) is 0 Å². The molecule has 24 heavy (non-hydrogen) atoms. The second kappa shape index (κ2) is 7.57. The number of benzene rings is 1. The second-order valence-corrected chi connectivity index (χ2v) is 5.95. The number of urea groups is 1. The molecule has 0 bridgehead atoms. The van der Waals surface area contributed by atoms with E-state index in [0.29, 0.717) is 24.7 Å². The second-order valence-electron chi connectivity index (χ2n) is 5.95. The highest BCUT2D eigenvalue weighted by atomic mass is 35.5. The summed E-state index contributed by atoms with van der Waals surface area (Å²) in [6, 6.07) is 7.95. The van der Waals surface area contributed by atoms with Crippen LogP contribution < -0.4 is 10.2 Å². The molecule has 1 aromatic carbocycles. The number of rotatable bonds is 2. The third kappa shape index (κ3) is 3.82. The Morgan fingerprint density at radius 1 is 1.17 bits per heavy atom. The number of piperazine rings is 1. The summed E-state index contributed by atoms with van der Waals surface area (Å²) in [6.45, 7) is 9.11. The van der Waals surface area contributed by atoms with Gasteiger partial charge in [0.05, 0.1) is 0 Å². The first-order chi connectivity index (χ1) is 11.0. The van der Waals surface area contributed by atoms with Crippen LogP contribution in [-0.4, -0.2) is 42.3 Å². The van der Waals surface area contributed by atoms with Crippen LogP contribution in [0.3, 0.4) is 0 Å². The van der Waals surface area contributed by atoms with Crippen molar-refractivity contribution in [2.75, 3.05) is 36.4 Å². The molecule has 6 nitrogen and oxygen atoms in total. The van der Waals surface area contributed by atoms with E-state index in [1.54, 1.807) is 13.0 Å². The minimum absolute atomic E-state index is 0. The van der Waals surface area contributed by atoms with E-state index in [-0.39, 0.29) is 18.4 Å². The molecule has 0 atom stereocenters. The zero-order valence-electron chi connectivity index (χ0n) is 14.2. The number of carbonyl (C=O) groups excluding carboxylic acids is 1. The van der Waals surface area contributed by atoms with E-state index in [0.717, 1.165) is 13.1 Å². The fourth-order valence-corrected chi connectivity index (χ4v) is 2.84. The van der Waals surface area contributed by atoms with E-state index in [4.69, 9.17) is 4.52 Å². The van der Waals surface area contributed by atoms with Crippen molar-refractivity contribution in [2.24, 2.45) is 0 Å². The molecular weight excluding hydrogens is 328 g/mol. The molecule has 2 aromatic rings. The molecule has 1 saturated heterocycles. The van der Waals surface area contributed by atoms with Crippen LogP contribution >= 0.6 is 12.4 Å². The van der Waals surface area contributed by atoms with Gasteiger partial charge in [-0.05, 0) is 38.0 Å². The van der Waals surface area contributed by atoms with Gasteiger partial charge in [-0.25, -0.2) is 4.79 Å². The number of hydrogen-bond acceptors (Lipinski definition) is 4. The summed E-state index contributed by atoms with van der Waals surface area (Å²) >= 11 is 0. The number of aromatic nitrogens is 1. The van der Waals surface area contributed by atoms with Gasteiger partial charge < -0.3 is 14.3 Å². The number of amides is 2. The Balaban J connectivity index is 0.00000208. The predicted molar refractivity (Wildman–Crippen MR) is 97.2 cm³/mol. The van der Waals surface area contributed by atoms with E-state index in [1.807, 2.05) is 4.90 Å². The summed E-state index contributed by atoms with van der Waals surface area (Å²) in [5.74, 6) is 1.14. The number of nitrogens with zero attached hydrogens (tertiary/aromatic N) is 3. The maximum Gasteiger partial charge on any atom is 0.323 e. The van der Waals surface area contributed by atoms with Gasteiger partial charge in [-0.1, -0.05) is 17.3 Å². The average Bonchev–Trinajstić information content (AvgIpc) is 2.95. The zero-order valence-corrected chi connectivity index (χ0v) is 15.0. The lowest BCUT2D eigenvalue weighted by Gasteiger charge is -2.36. The fourth-order valence-electron chi connectivity index (χ4n) is 2.84. The van der Waals surface area contributed by atoms with Crippen molar-refractivity contribution in [3.63, 3.8) is 0 Å². The van der Waals surface area contributed by atoms with Gasteiger partial charge in [-0.15, -0.1) is 12.4 Å². The number of hydrogen-bond donors (Lipinski definition) is 1. The fraction of sp³-hybridized carbons (Fsp3) is 0.412. The molecule has 7 heteroatoms. The Morgan fingerprint density at radius 2 is 1.88 bits per heavy atom. The largest absolute Gasteiger partial charge is 0.368 e. The Labute approximate surface area is 148 Å². The highest BCUT2D eigenvalue weighted by Gasteiger charge is 2.22. The molecule has 1 fully saturated rings. The third-order valence-corrected chi connectivity index (χ3v) is 4.35. The van der Waals surface area contributed by atoms with Crippen LogP contribution in [0.5, 0.6) is 0 Å². The first-order valence-electron chi connectivity index (χ1n) is 7.85. The highest BCUT2D eigenvalue weighted by Crippen LogP contribution is 2.24. The Kier molecular flexibility index (Phi) is 5.72. The van der Waals surface area contributed by atoms with E-state index in [9.17, 15) is 4.79 Å². The van der Waals surface area contributed by atoms with Gasteiger partial charge in [0.15, 0.2) is 5.82 Å². The van der Waals surface area contributed by atoms with Gasteiger partial charge in [0.2, 0.25) is 0 Å². The lowest BCUT2D eigenvalue weighted by atomic mass is 10.1. The molecule has 130 valence electrons. The Bertz CT molecular complexity index is 708. The number of carbonyl (C=O) groups is 1. The standard InChI is InChI=1S/C17H22N4O2.ClH/c1-12-5-4-6-15(14(12)3)20-7-9-21(10-8-20)17(22)18-16-11-13(2)23-19-16;/h4-6,11H,7-10H2,1-3H3,(H,18,19,22);1H. The number of nitrogens with one attached hydrogen (secondary N) is 1. The van der Waals surface area contributed by atoms with Gasteiger partial charge in [-0.2, -0.15) is 0 Å². The first kappa shape index (κ1) is 18.1. The third-order valence-electron chi connectivity index (χ3n) is 4.35. The van der Waals surface area contributed by atoms with Crippen molar-refractivity contribution in [3.05, 3.63) is 41.2 Å². The molecule has 0 saturated carbocycles. The van der Waals surface area contributed by atoms with Crippen LogP contribution in [0.1, 0.15) is 16.9 Å². The summed E-state index contributed by atoms with van der Waals surface area (Å²) in [7, 11) is 0. The summed E-state index contributed by atoms with van der Waals surface area (Å²) in [5, 5.41) is 6.56. The van der Waals surface area contributed by atoms with Gasteiger partial charge in [0.1, 0.15) is 5.76 Å². The van der Waals surface area contributed by atoms with E-state index in [1.165, 1.54) is 16.8 Å². The predicted octanol–water partition coefficient (Wildman–Crippen LogP) is 3.38. The quantitative estimate of drug-likeness (QED) is 0.902. The van der Waals surface area contributed by atoms with Gasteiger partial charge in [0, 0.05) is 37.9 Å². The zero-order chi connectivity index (χ0) is 16.4. The van der Waals surface area contributed by atoms with Crippen LogP contribution in [0.4, 0.5) is 16.3 Å². The first-order valence-corrected chi connectivity index (χ1v) is 7.85. The van der Waals surface area contributed by atoms with Crippen LogP contribution in [0.2, 0.25) is 0 Å². The molecule has 1 aliphatic rings. The van der Waals surface area contributed by atoms with Gasteiger partial charge in [0.25, 0.3) is 0 Å². The normalized spacial score (nSPS) is 14.3.